The van der Waals surface area contributed by atoms with Crippen LogP contribution in [-0.4, -0.2) is 16.9 Å². The van der Waals surface area contributed by atoms with E-state index in [1.807, 2.05) is 0 Å². The fourth-order valence-corrected chi connectivity index (χ4v) is 2.05. The van der Waals surface area contributed by atoms with Gasteiger partial charge in [-0.3, -0.25) is 9.59 Å². The van der Waals surface area contributed by atoms with E-state index < -0.39 is 11.4 Å². The molecule has 0 aromatic rings. The average Bonchev–Trinajstić information content (AvgIpc) is 2.15. The van der Waals surface area contributed by atoms with Gasteiger partial charge in [0, 0.05) is 6.42 Å². The highest BCUT2D eigenvalue weighted by atomic mass is 16.4. The molecule has 3 aliphatic rings. The summed E-state index contributed by atoms with van der Waals surface area (Å²) in [6.07, 6.45) is 1.70. The Kier molecular flexibility index (Phi) is 0.832. The molecule has 0 aliphatic heterocycles. The summed E-state index contributed by atoms with van der Waals surface area (Å²) in [6.45, 7) is 0. The molecule has 0 saturated heterocycles. The van der Waals surface area contributed by atoms with Crippen molar-refractivity contribution in [2.45, 2.75) is 19.3 Å². The van der Waals surface area contributed by atoms with Gasteiger partial charge in [0.05, 0.1) is 0 Å². The van der Waals surface area contributed by atoms with Crippen molar-refractivity contribution in [3.8, 4) is 0 Å². The highest BCUT2D eigenvalue weighted by Crippen LogP contribution is 2.56. The first kappa shape index (κ1) is 5.89. The number of carbonyl (C=O) groups excluding carboxylic acids is 1. The lowest BCUT2D eigenvalue weighted by atomic mass is 9.69. The molecule has 0 aromatic heterocycles. The van der Waals surface area contributed by atoms with Gasteiger partial charge < -0.3 is 5.11 Å². The van der Waals surface area contributed by atoms with Crippen molar-refractivity contribution in [2.75, 3.05) is 0 Å². The number of carbonyl (C=O) groups is 2. The highest BCUT2D eigenvalue weighted by molar-refractivity contribution is 6.07. The molecule has 2 bridgehead atoms. The first-order chi connectivity index (χ1) is 4.65. The normalized spacial score (nSPS) is 43.2. The van der Waals surface area contributed by atoms with E-state index in [2.05, 4.69) is 0 Å². The van der Waals surface area contributed by atoms with Crippen LogP contribution in [0, 0.1) is 11.3 Å². The van der Waals surface area contributed by atoms with Gasteiger partial charge in [-0.25, -0.2) is 0 Å². The van der Waals surface area contributed by atoms with Crippen molar-refractivity contribution in [1.29, 1.82) is 0 Å². The maximum atomic E-state index is 11.0. The first-order valence-electron chi connectivity index (χ1n) is 3.42. The Morgan fingerprint density at radius 2 is 2.20 bits per heavy atom. The molecule has 3 heteroatoms. The van der Waals surface area contributed by atoms with Crippen LogP contribution in [0.5, 0.6) is 0 Å². The molecule has 3 aliphatic carbocycles. The number of ketones is 1. The van der Waals surface area contributed by atoms with Crippen molar-refractivity contribution in [3.05, 3.63) is 0 Å². The summed E-state index contributed by atoms with van der Waals surface area (Å²) in [7, 11) is 0. The van der Waals surface area contributed by atoms with Crippen LogP contribution < -0.4 is 0 Å². The molecule has 1 N–H and O–H groups in total. The number of aliphatic carboxylic acids is 1. The summed E-state index contributed by atoms with van der Waals surface area (Å²) in [5.74, 6) is -0.570. The molecule has 0 aromatic carbocycles. The fourth-order valence-electron chi connectivity index (χ4n) is 2.05. The van der Waals surface area contributed by atoms with Crippen LogP contribution in [0.4, 0.5) is 0 Å². The van der Waals surface area contributed by atoms with Crippen LogP contribution in [0.1, 0.15) is 19.3 Å². The number of carboxylic acids is 1. The maximum absolute atomic E-state index is 11.0. The first-order valence-corrected chi connectivity index (χ1v) is 3.42. The molecule has 3 fully saturated rings. The molecule has 0 heterocycles. The molecule has 0 spiro atoms. The molecule has 0 amide bonds. The monoisotopic (exact) mass is 140 g/mol. The zero-order valence-corrected chi connectivity index (χ0v) is 5.46. The number of Topliss-reactive ketones (excluding diaryl/α,β-unsaturated/α-hetero) is 1. The summed E-state index contributed by atoms with van der Waals surface area (Å²) in [5, 5.41) is 8.66. The lowest BCUT2D eigenvalue weighted by Gasteiger charge is -2.31. The summed E-state index contributed by atoms with van der Waals surface area (Å²) in [6, 6.07) is 0. The van der Waals surface area contributed by atoms with E-state index >= 15 is 0 Å². The minimum atomic E-state index is -0.926. The third-order valence-corrected chi connectivity index (χ3v) is 2.69. The molecule has 3 nitrogen and oxygen atoms in total. The third-order valence-electron chi connectivity index (χ3n) is 2.69. The lowest BCUT2D eigenvalue weighted by Crippen LogP contribution is -2.40. The molecule has 54 valence electrons. The fraction of sp³-hybridized carbons (Fsp3) is 0.714. The standard InChI is InChI=1S/C7H8O3/c8-5-1-4-2-7(5,3-4)6(9)10/h4H,1-3H2,(H,9,10). The largest absolute Gasteiger partial charge is 0.480 e. The summed E-state index contributed by atoms with van der Waals surface area (Å²) < 4.78 is 0. The van der Waals surface area contributed by atoms with Crippen molar-refractivity contribution >= 4 is 11.8 Å². The van der Waals surface area contributed by atoms with Crippen LogP contribution >= 0.6 is 0 Å². The number of rotatable bonds is 1. The zero-order chi connectivity index (χ0) is 7.35. The SMILES string of the molecule is O=C(O)C12CC(CC1=O)C2. The maximum Gasteiger partial charge on any atom is 0.317 e. The summed E-state index contributed by atoms with van der Waals surface area (Å²) in [5.41, 5.74) is -0.926. The predicted octanol–water partition coefficient (Wildman–Crippen LogP) is 0.440. The number of hydrogen-bond donors (Lipinski definition) is 1. The van der Waals surface area contributed by atoms with Gasteiger partial charge in [0.25, 0.3) is 0 Å². The Balaban J connectivity index is 2.33. The molecule has 10 heavy (non-hydrogen) atoms. The van der Waals surface area contributed by atoms with E-state index in [0.717, 1.165) is 0 Å². The van der Waals surface area contributed by atoms with E-state index in [0.29, 0.717) is 25.2 Å². The van der Waals surface area contributed by atoms with Gasteiger partial charge in [0.2, 0.25) is 0 Å². The number of carboxylic acid groups (broad SMARTS) is 1. The van der Waals surface area contributed by atoms with E-state index in [-0.39, 0.29) is 5.78 Å². The van der Waals surface area contributed by atoms with Crippen LogP contribution in [0.15, 0.2) is 0 Å². The van der Waals surface area contributed by atoms with E-state index in [1.165, 1.54) is 0 Å². The summed E-state index contributed by atoms with van der Waals surface area (Å²) >= 11 is 0. The summed E-state index contributed by atoms with van der Waals surface area (Å²) in [4.78, 5) is 21.5. The Hall–Kier alpha value is -0.860. The molecule has 0 atom stereocenters. The lowest BCUT2D eigenvalue weighted by molar-refractivity contribution is -0.157. The van der Waals surface area contributed by atoms with Gasteiger partial charge in [-0.2, -0.15) is 0 Å². The minimum Gasteiger partial charge on any atom is -0.480 e. The molecular formula is C7H8O3. The Morgan fingerprint density at radius 1 is 1.60 bits per heavy atom. The highest BCUT2D eigenvalue weighted by Gasteiger charge is 2.62. The average molecular weight is 140 g/mol. The second-order valence-corrected chi connectivity index (χ2v) is 3.29. The third kappa shape index (κ3) is 0.426. The minimum absolute atomic E-state index is 0.0509. The predicted molar refractivity (Wildman–Crippen MR) is 32.4 cm³/mol. The zero-order valence-electron chi connectivity index (χ0n) is 5.46. The van der Waals surface area contributed by atoms with Gasteiger partial charge in [-0.05, 0) is 18.8 Å². The molecule has 0 unspecified atom stereocenters. The molecule has 0 radical (unpaired) electrons. The van der Waals surface area contributed by atoms with Gasteiger partial charge in [0.1, 0.15) is 11.2 Å². The van der Waals surface area contributed by atoms with Crippen LogP contribution in [0.25, 0.3) is 0 Å². The topological polar surface area (TPSA) is 54.4 Å². The molecule has 3 rings (SSSR count). The van der Waals surface area contributed by atoms with Gasteiger partial charge in [0.15, 0.2) is 0 Å². The van der Waals surface area contributed by atoms with Gasteiger partial charge in [-0.1, -0.05) is 0 Å². The number of fused-ring (bicyclic) bond motifs is 1. The molecule has 3 saturated carbocycles. The second kappa shape index (κ2) is 1.41. The quantitative estimate of drug-likeness (QED) is 0.537. The van der Waals surface area contributed by atoms with Crippen molar-refractivity contribution in [1.82, 2.24) is 0 Å². The van der Waals surface area contributed by atoms with E-state index in [1.54, 1.807) is 0 Å². The smallest absolute Gasteiger partial charge is 0.317 e. The van der Waals surface area contributed by atoms with Gasteiger partial charge in [-0.15, -0.1) is 0 Å². The Morgan fingerprint density at radius 3 is 2.40 bits per heavy atom. The van der Waals surface area contributed by atoms with Crippen LogP contribution in [0.2, 0.25) is 0 Å². The van der Waals surface area contributed by atoms with Crippen LogP contribution in [0.3, 0.4) is 0 Å². The van der Waals surface area contributed by atoms with Gasteiger partial charge >= 0.3 is 5.97 Å². The molecular weight excluding hydrogens is 132 g/mol. The van der Waals surface area contributed by atoms with E-state index in [4.69, 9.17) is 5.11 Å². The van der Waals surface area contributed by atoms with Crippen molar-refractivity contribution < 1.29 is 14.7 Å². The Labute approximate surface area is 58.0 Å². The Bertz CT molecular complexity index is 213. The second-order valence-electron chi connectivity index (χ2n) is 3.29. The van der Waals surface area contributed by atoms with Crippen molar-refractivity contribution in [3.63, 3.8) is 0 Å². The van der Waals surface area contributed by atoms with Crippen LogP contribution in [-0.2, 0) is 9.59 Å². The number of hydrogen-bond acceptors (Lipinski definition) is 2. The van der Waals surface area contributed by atoms with Crippen molar-refractivity contribution in [2.24, 2.45) is 11.3 Å². The van der Waals surface area contributed by atoms with E-state index in [9.17, 15) is 9.59 Å².